The van der Waals surface area contributed by atoms with E-state index in [9.17, 15) is 9.59 Å². The van der Waals surface area contributed by atoms with Crippen molar-refractivity contribution >= 4 is 34.6 Å². The summed E-state index contributed by atoms with van der Waals surface area (Å²) in [7, 11) is 0. The second-order valence-corrected chi connectivity index (χ2v) is 17.2. The number of ether oxygens (including phenoxy) is 3. The number of para-hydroxylation sites is 1. The van der Waals surface area contributed by atoms with Gasteiger partial charge in [-0.15, -0.1) is 20.4 Å². The number of hydrogen-bond acceptors (Lipinski definition) is 13. The Morgan fingerprint density at radius 2 is 1.16 bits per heavy atom. The van der Waals surface area contributed by atoms with Crippen molar-refractivity contribution in [3.63, 3.8) is 0 Å². The van der Waals surface area contributed by atoms with Crippen LogP contribution in [0.2, 0.25) is 5.15 Å². The van der Waals surface area contributed by atoms with Crippen molar-refractivity contribution in [1.29, 1.82) is 0 Å². The number of nitrogens with one attached hydrogen (secondary N) is 2. The first-order valence-corrected chi connectivity index (χ1v) is 23.5. The zero-order valence-electron chi connectivity index (χ0n) is 39.8. The van der Waals surface area contributed by atoms with Crippen LogP contribution in [0.5, 0.6) is 6.01 Å². The lowest BCUT2D eigenvalue weighted by molar-refractivity contribution is 0.0359. The number of benzene rings is 5. The second kappa shape index (κ2) is 22.4. The van der Waals surface area contributed by atoms with Crippen molar-refractivity contribution in [3.05, 3.63) is 149 Å². The highest BCUT2D eigenvalue weighted by Crippen LogP contribution is 2.33. The van der Waals surface area contributed by atoms with Gasteiger partial charge in [-0.1, -0.05) is 128 Å². The highest BCUT2D eigenvalue weighted by Gasteiger charge is 2.25. The lowest BCUT2D eigenvalue weighted by Gasteiger charge is -2.14. The van der Waals surface area contributed by atoms with E-state index in [1.807, 2.05) is 129 Å². The van der Waals surface area contributed by atoms with E-state index < -0.39 is 5.97 Å². The van der Waals surface area contributed by atoms with Crippen molar-refractivity contribution < 1.29 is 23.8 Å². The summed E-state index contributed by atoms with van der Waals surface area (Å²) in [5.74, 6) is 1.03. The molecule has 0 fully saturated rings. The topological polar surface area (TPSA) is 206 Å². The third kappa shape index (κ3) is 11.1. The molecule has 2 N–H and O–H groups in total. The van der Waals surface area contributed by atoms with E-state index in [1.165, 1.54) is 0 Å². The number of esters is 2. The SMILES string of the molecule is CCCCc1nc(Cl)c(C(=O)OC(C)C)n1Cc1ccc(-c2ccccc2-c2nn[nH]n2)cc1.CCOc1nc2cccc(C(=O)OC(C)C)c2n1Cc1ccc(-c2ccccc2-c2nn[nH]n2)cc1. The number of aromatic amines is 2. The molecule has 0 atom stereocenters. The van der Waals surface area contributed by atoms with E-state index in [-0.39, 0.29) is 23.3 Å². The van der Waals surface area contributed by atoms with E-state index in [4.69, 9.17) is 25.8 Å². The Hall–Kier alpha value is -8.05. The molecule has 70 heavy (non-hydrogen) atoms. The molecule has 0 aliphatic heterocycles. The molecule has 0 unspecified atom stereocenters. The van der Waals surface area contributed by atoms with Gasteiger partial charge in [-0.3, -0.25) is 4.57 Å². The number of imidazole rings is 2. The minimum Gasteiger partial charge on any atom is -0.465 e. The van der Waals surface area contributed by atoms with Gasteiger partial charge >= 0.3 is 11.9 Å². The molecule has 9 rings (SSSR count). The average Bonchev–Trinajstić information content (AvgIpc) is 4.20. The summed E-state index contributed by atoms with van der Waals surface area (Å²) in [6, 6.07) is 38.2. The van der Waals surface area contributed by atoms with Crippen LogP contribution in [0.25, 0.3) is 56.1 Å². The lowest BCUT2D eigenvalue weighted by atomic mass is 9.98. The number of nitrogens with zero attached hydrogens (tertiary/aromatic N) is 10. The van der Waals surface area contributed by atoms with Crippen LogP contribution >= 0.6 is 11.6 Å². The quantitative estimate of drug-likeness (QED) is 0.0816. The predicted octanol–water partition coefficient (Wildman–Crippen LogP) is 10.2. The van der Waals surface area contributed by atoms with Crippen molar-refractivity contribution in [2.45, 2.75) is 86.1 Å². The van der Waals surface area contributed by atoms with Gasteiger partial charge in [0.1, 0.15) is 5.82 Å². The summed E-state index contributed by atoms with van der Waals surface area (Å²) in [5.41, 5.74) is 10.0. The molecule has 18 heteroatoms. The summed E-state index contributed by atoms with van der Waals surface area (Å²) in [6.45, 7) is 12.7. The van der Waals surface area contributed by atoms with E-state index in [0.717, 1.165) is 69.6 Å². The average molecular weight is 962 g/mol. The Morgan fingerprint density at radius 3 is 1.66 bits per heavy atom. The number of aryl methyl sites for hydroxylation is 1. The first-order valence-electron chi connectivity index (χ1n) is 23.2. The minimum atomic E-state index is -0.457. The number of hydrogen-bond donors (Lipinski definition) is 2. The van der Waals surface area contributed by atoms with Crippen LogP contribution in [0.1, 0.15) is 92.2 Å². The van der Waals surface area contributed by atoms with Gasteiger partial charge in [-0.05, 0) is 97.0 Å². The van der Waals surface area contributed by atoms with E-state index in [1.54, 1.807) is 6.07 Å². The number of fused-ring (bicyclic) bond motifs is 1. The molecule has 0 radical (unpaired) electrons. The van der Waals surface area contributed by atoms with Gasteiger partial charge in [-0.25, -0.2) is 14.6 Å². The third-order valence-electron chi connectivity index (χ3n) is 11.1. The van der Waals surface area contributed by atoms with Gasteiger partial charge < -0.3 is 18.8 Å². The number of unbranched alkanes of at least 4 members (excludes halogenated alkanes) is 1. The molecule has 0 saturated carbocycles. The highest BCUT2D eigenvalue weighted by atomic mass is 35.5. The standard InChI is InChI=1S/C27H26N6O3.C25H27ClN6O2/c1-4-35-27-28-23-11-7-10-22(26(34)36-17(2)3)24(23)33(27)16-18-12-14-19(15-13-18)20-8-5-6-9-21(20)25-29-31-32-30-25;1-4-5-10-21-27-23(26)22(25(33)34-16(2)3)32(21)15-17-11-13-18(14-12-17)19-8-6-7-9-20(19)24-28-30-31-29-24/h5-15,17H,4,16H2,1-3H3,(H,29,30,31,32);6-9,11-14,16H,4-5,10,15H2,1-3H3,(H,28,29,30,31). The molecule has 0 amide bonds. The summed E-state index contributed by atoms with van der Waals surface area (Å²) in [4.78, 5) is 34.7. The second-order valence-electron chi connectivity index (χ2n) is 16.8. The van der Waals surface area contributed by atoms with Crippen LogP contribution in [0, 0.1) is 0 Å². The van der Waals surface area contributed by atoms with Gasteiger partial charge in [-0.2, -0.15) is 15.4 Å². The summed E-state index contributed by atoms with van der Waals surface area (Å²) in [6.07, 6.45) is 2.24. The van der Waals surface area contributed by atoms with Gasteiger partial charge in [0, 0.05) is 24.1 Å². The zero-order valence-corrected chi connectivity index (χ0v) is 40.5. The molecule has 0 spiro atoms. The number of H-pyrrole nitrogens is 2. The largest absolute Gasteiger partial charge is 0.465 e. The Bertz CT molecular complexity index is 3170. The fourth-order valence-electron chi connectivity index (χ4n) is 7.98. The number of halogens is 1. The van der Waals surface area contributed by atoms with Crippen LogP contribution in [0.4, 0.5) is 0 Å². The molecular formula is C52H53ClN12O5. The first-order chi connectivity index (χ1) is 34.0. The highest BCUT2D eigenvalue weighted by molar-refractivity contribution is 6.32. The molecular weight excluding hydrogens is 908 g/mol. The number of tetrazole rings is 2. The molecule has 17 nitrogen and oxygen atoms in total. The number of carbonyl (C=O) groups excluding carboxylic acids is 2. The lowest BCUT2D eigenvalue weighted by Crippen LogP contribution is -2.18. The summed E-state index contributed by atoms with van der Waals surface area (Å²) >= 11 is 6.39. The van der Waals surface area contributed by atoms with E-state index >= 15 is 0 Å². The molecule has 0 bridgehead atoms. The maximum absolute atomic E-state index is 12.9. The van der Waals surface area contributed by atoms with Gasteiger partial charge in [0.25, 0.3) is 6.01 Å². The monoisotopic (exact) mass is 960 g/mol. The van der Waals surface area contributed by atoms with Crippen LogP contribution in [-0.4, -0.2) is 91.1 Å². The molecule has 9 aromatic rings. The number of aromatic nitrogens is 12. The van der Waals surface area contributed by atoms with Gasteiger partial charge in [0.2, 0.25) is 11.6 Å². The maximum atomic E-state index is 12.9. The van der Waals surface area contributed by atoms with Crippen molar-refractivity contribution in [3.8, 4) is 51.0 Å². The van der Waals surface area contributed by atoms with Gasteiger partial charge in [0.15, 0.2) is 10.8 Å². The van der Waals surface area contributed by atoms with Crippen molar-refractivity contribution in [1.82, 2.24) is 60.4 Å². The van der Waals surface area contributed by atoms with Crippen LogP contribution in [-0.2, 0) is 29.0 Å². The molecule has 0 aliphatic carbocycles. The molecule has 0 aliphatic rings. The molecule has 4 heterocycles. The van der Waals surface area contributed by atoms with Gasteiger partial charge in [0.05, 0.1) is 42.0 Å². The van der Waals surface area contributed by atoms with Crippen molar-refractivity contribution in [2.75, 3.05) is 6.61 Å². The van der Waals surface area contributed by atoms with E-state index in [2.05, 4.69) is 82.4 Å². The minimum absolute atomic E-state index is 0.183. The fraction of sp³-hybridized carbons (Fsp3) is 0.269. The molecule has 358 valence electrons. The summed E-state index contributed by atoms with van der Waals surface area (Å²) < 4.78 is 20.6. The summed E-state index contributed by atoms with van der Waals surface area (Å²) in [5, 5.41) is 29.0. The fourth-order valence-corrected chi connectivity index (χ4v) is 8.25. The predicted molar refractivity (Wildman–Crippen MR) is 266 cm³/mol. The Balaban J connectivity index is 0.000000189. The Morgan fingerprint density at radius 1 is 0.629 bits per heavy atom. The molecule has 4 aromatic heterocycles. The van der Waals surface area contributed by atoms with Crippen LogP contribution < -0.4 is 4.74 Å². The van der Waals surface area contributed by atoms with Crippen LogP contribution in [0.3, 0.4) is 0 Å². The number of rotatable bonds is 17. The normalized spacial score (nSPS) is 11.2. The van der Waals surface area contributed by atoms with E-state index in [0.29, 0.717) is 59.6 Å². The third-order valence-corrected chi connectivity index (χ3v) is 11.4. The van der Waals surface area contributed by atoms with Crippen molar-refractivity contribution in [2.24, 2.45) is 0 Å². The molecule has 5 aromatic carbocycles. The first kappa shape index (κ1) is 48.4. The Kier molecular flexibility index (Phi) is 15.5. The zero-order chi connectivity index (χ0) is 49.1. The smallest absolute Gasteiger partial charge is 0.358 e. The van der Waals surface area contributed by atoms with Crippen LogP contribution in [0.15, 0.2) is 115 Å². The number of carbonyl (C=O) groups is 2. The molecule has 0 saturated heterocycles. The maximum Gasteiger partial charge on any atom is 0.358 e. The Labute approximate surface area is 409 Å².